The van der Waals surface area contributed by atoms with Crippen LogP contribution in [-0.2, 0) is 11.3 Å². The number of ether oxygens (including phenoxy) is 1. The summed E-state index contributed by atoms with van der Waals surface area (Å²) >= 11 is 0. The number of morpholine rings is 1. The molecule has 3 atom stereocenters. The van der Waals surface area contributed by atoms with Gasteiger partial charge < -0.3 is 14.4 Å². The molecule has 0 amide bonds. The number of hydrogen-bond donors (Lipinski definition) is 1. The van der Waals surface area contributed by atoms with E-state index in [1.807, 2.05) is 32.0 Å². The molecule has 6 heteroatoms. The van der Waals surface area contributed by atoms with Gasteiger partial charge in [0.25, 0.3) is 0 Å². The fourth-order valence-electron chi connectivity index (χ4n) is 3.40. The molecule has 0 saturated carbocycles. The summed E-state index contributed by atoms with van der Waals surface area (Å²) in [6.07, 6.45) is 3.10. The van der Waals surface area contributed by atoms with Crippen LogP contribution in [0.15, 0.2) is 42.7 Å². The van der Waals surface area contributed by atoms with Crippen molar-refractivity contribution < 1.29 is 14.6 Å². The third-order valence-electron chi connectivity index (χ3n) is 4.33. The van der Waals surface area contributed by atoms with Crippen LogP contribution in [0.5, 0.6) is 0 Å². The van der Waals surface area contributed by atoms with Gasteiger partial charge in [0.05, 0.1) is 24.9 Å². The van der Waals surface area contributed by atoms with E-state index in [4.69, 9.17) is 4.74 Å². The van der Waals surface area contributed by atoms with E-state index in [0.717, 1.165) is 13.1 Å². The number of aromatic nitrogens is 2. The van der Waals surface area contributed by atoms with Crippen LogP contribution < -0.4 is 0 Å². The minimum atomic E-state index is -0.575. The second-order valence-corrected chi connectivity index (χ2v) is 6.73. The number of rotatable bonds is 6. The predicted octanol–water partition coefficient (Wildman–Crippen LogP) is 1.58. The minimum Gasteiger partial charge on any atom is -0.390 e. The number of β-amino-alcohol motifs (C(OH)–C–C–N with tert-alkyl or cyclic N) is 1. The fourth-order valence-corrected chi connectivity index (χ4v) is 3.40. The van der Waals surface area contributed by atoms with Gasteiger partial charge in [0.1, 0.15) is 0 Å². The first-order valence-electron chi connectivity index (χ1n) is 8.69. The van der Waals surface area contributed by atoms with Crippen molar-refractivity contribution in [3.63, 3.8) is 0 Å². The molecular weight excluding hydrogens is 318 g/mol. The van der Waals surface area contributed by atoms with Gasteiger partial charge in [0, 0.05) is 37.6 Å². The van der Waals surface area contributed by atoms with Crippen molar-refractivity contribution >= 4 is 5.78 Å². The highest BCUT2D eigenvalue weighted by molar-refractivity contribution is 6.06. The summed E-state index contributed by atoms with van der Waals surface area (Å²) in [6, 6.07) is 9.08. The van der Waals surface area contributed by atoms with Gasteiger partial charge in [0.2, 0.25) is 5.78 Å². The summed E-state index contributed by atoms with van der Waals surface area (Å²) < 4.78 is 7.45. The van der Waals surface area contributed by atoms with Crippen LogP contribution in [-0.4, -0.2) is 63.3 Å². The molecule has 1 saturated heterocycles. The van der Waals surface area contributed by atoms with Crippen molar-refractivity contribution in [3.8, 4) is 0 Å². The number of nitrogens with zero attached hydrogens (tertiary/aromatic N) is 3. The zero-order chi connectivity index (χ0) is 17.8. The molecule has 3 rings (SSSR count). The molecule has 0 unspecified atom stereocenters. The van der Waals surface area contributed by atoms with Gasteiger partial charge in [-0.3, -0.25) is 9.69 Å². The Balaban J connectivity index is 1.64. The highest BCUT2D eigenvalue weighted by Gasteiger charge is 2.24. The molecule has 0 aliphatic carbocycles. The van der Waals surface area contributed by atoms with Crippen LogP contribution in [0.4, 0.5) is 0 Å². The number of carbonyl (C=O) groups excluding carboxylic acids is 1. The normalized spacial score (nSPS) is 22.7. The van der Waals surface area contributed by atoms with E-state index < -0.39 is 6.10 Å². The molecule has 1 aliphatic rings. The van der Waals surface area contributed by atoms with Crippen molar-refractivity contribution in [2.45, 2.75) is 38.7 Å². The topological polar surface area (TPSA) is 67.6 Å². The Labute approximate surface area is 148 Å². The summed E-state index contributed by atoms with van der Waals surface area (Å²) in [6.45, 7) is 6.59. The number of imidazole rings is 1. The highest BCUT2D eigenvalue weighted by Crippen LogP contribution is 2.13. The lowest BCUT2D eigenvalue weighted by Gasteiger charge is -2.36. The minimum absolute atomic E-state index is 0.133. The molecule has 0 radical (unpaired) electrons. The molecule has 25 heavy (non-hydrogen) atoms. The average molecular weight is 343 g/mol. The van der Waals surface area contributed by atoms with Crippen LogP contribution in [0.1, 0.15) is 30.0 Å². The van der Waals surface area contributed by atoms with E-state index in [1.165, 1.54) is 0 Å². The number of aliphatic hydroxyl groups is 1. The number of ketones is 1. The Morgan fingerprint density at radius 2 is 1.92 bits per heavy atom. The number of hydrogen-bond acceptors (Lipinski definition) is 5. The van der Waals surface area contributed by atoms with Crippen molar-refractivity contribution in [1.29, 1.82) is 0 Å². The second kappa shape index (κ2) is 7.91. The maximum Gasteiger partial charge on any atom is 0.228 e. The van der Waals surface area contributed by atoms with E-state index in [1.54, 1.807) is 29.1 Å². The largest absolute Gasteiger partial charge is 0.390 e. The van der Waals surface area contributed by atoms with Gasteiger partial charge >= 0.3 is 0 Å². The van der Waals surface area contributed by atoms with Crippen LogP contribution in [0, 0.1) is 0 Å². The molecule has 2 aromatic rings. The highest BCUT2D eigenvalue weighted by atomic mass is 16.5. The van der Waals surface area contributed by atoms with E-state index in [2.05, 4.69) is 9.88 Å². The van der Waals surface area contributed by atoms with E-state index >= 15 is 0 Å². The molecule has 2 heterocycles. The number of aliphatic hydroxyl groups excluding tert-OH is 1. The van der Waals surface area contributed by atoms with Crippen molar-refractivity contribution in [1.82, 2.24) is 14.5 Å². The van der Waals surface area contributed by atoms with Gasteiger partial charge in [-0.15, -0.1) is 0 Å². The molecule has 134 valence electrons. The molecule has 1 aliphatic heterocycles. The molecular formula is C19H25N3O3. The third kappa shape index (κ3) is 4.54. The summed E-state index contributed by atoms with van der Waals surface area (Å²) in [5.41, 5.74) is 0.597. The SMILES string of the molecule is C[C@@H]1CN(C[C@H](O)Cn2ccnc2C(=O)c2ccccc2)C[C@H](C)O1. The summed E-state index contributed by atoms with van der Waals surface area (Å²) in [5.74, 6) is 0.223. The molecule has 1 N–H and O–H groups in total. The molecule has 6 nitrogen and oxygen atoms in total. The Morgan fingerprint density at radius 1 is 1.24 bits per heavy atom. The van der Waals surface area contributed by atoms with Gasteiger partial charge in [0.15, 0.2) is 5.82 Å². The standard InChI is InChI=1S/C19H25N3O3/c1-14-10-21(11-15(2)25-14)12-17(23)13-22-9-8-20-19(22)18(24)16-6-4-3-5-7-16/h3-9,14-15,17,23H,10-13H2,1-2H3/t14-,15+,17-/m0/s1. The summed E-state index contributed by atoms with van der Waals surface area (Å²) in [4.78, 5) is 19.0. The van der Waals surface area contributed by atoms with Gasteiger partial charge in [-0.25, -0.2) is 4.98 Å². The van der Waals surface area contributed by atoms with E-state index in [-0.39, 0.29) is 18.0 Å². The molecule has 1 aromatic heterocycles. The van der Waals surface area contributed by atoms with Crippen molar-refractivity contribution in [2.24, 2.45) is 0 Å². The second-order valence-electron chi connectivity index (χ2n) is 6.73. The van der Waals surface area contributed by atoms with E-state index in [9.17, 15) is 9.90 Å². The zero-order valence-electron chi connectivity index (χ0n) is 14.7. The van der Waals surface area contributed by atoms with Gasteiger partial charge in [-0.2, -0.15) is 0 Å². The quantitative estimate of drug-likeness (QED) is 0.807. The summed E-state index contributed by atoms with van der Waals surface area (Å²) in [7, 11) is 0. The lowest BCUT2D eigenvalue weighted by molar-refractivity contribution is -0.0772. The van der Waals surface area contributed by atoms with Crippen LogP contribution >= 0.6 is 0 Å². The van der Waals surface area contributed by atoms with Gasteiger partial charge in [-0.1, -0.05) is 30.3 Å². The predicted molar refractivity (Wildman–Crippen MR) is 94.6 cm³/mol. The molecule has 0 spiro atoms. The smallest absolute Gasteiger partial charge is 0.228 e. The van der Waals surface area contributed by atoms with Crippen LogP contribution in [0.3, 0.4) is 0 Å². The number of benzene rings is 1. The van der Waals surface area contributed by atoms with E-state index in [0.29, 0.717) is 24.5 Å². The average Bonchev–Trinajstić information content (AvgIpc) is 3.01. The lowest BCUT2D eigenvalue weighted by Crippen LogP contribution is -2.48. The molecule has 1 fully saturated rings. The first-order chi connectivity index (χ1) is 12.0. The van der Waals surface area contributed by atoms with Crippen LogP contribution in [0.25, 0.3) is 0 Å². The first kappa shape index (κ1) is 17.8. The first-order valence-corrected chi connectivity index (χ1v) is 8.69. The van der Waals surface area contributed by atoms with Crippen molar-refractivity contribution in [2.75, 3.05) is 19.6 Å². The van der Waals surface area contributed by atoms with Crippen LogP contribution in [0.2, 0.25) is 0 Å². The maximum absolute atomic E-state index is 12.6. The molecule has 0 bridgehead atoms. The Kier molecular flexibility index (Phi) is 5.63. The maximum atomic E-state index is 12.6. The lowest BCUT2D eigenvalue weighted by atomic mass is 10.1. The summed E-state index contributed by atoms with van der Waals surface area (Å²) in [5, 5.41) is 10.5. The van der Waals surface area contributed by atoms with Crippen molar-refractivity contribution in [3.05, 3.63) is 54.1 Å². The third-order valence-corrected chi connectivity index (χ3v) is 4.33. The fraction of sp³-hybridized carbons (Fsp3) is 0.474. The Morgan fingerprint density at radius 3 is 2.60 bits per heavy atom. The Bertz CT molecular complexity index is 691. The Hall–Kier alpha value is -2.02. The number of carbonyl (C=O) groups is 1. The monoisotopic (exact) mass is 343 g/mol. The van der Waals surface area contributed by atoms with Gasteiger partial charge in [-0.05, 0) is 13.8 Å². The molecule has 1 aromatic carbocycles. The zero-order valence-corrected chi connectivity index (χ0v) is 14.7.